The van der Waals surface area contributed by atoms with Crippen LogP contribution in [0.5, 0.6) is 0 Å². The van der Waals surface area contributed by atoms with Gasteiger partial charge in [0.05, 0.1) is 17.8 Å². The van der Waals surface area contributed by atoms with E-state index in [9.17, 15) is 9.90 Å². The summed E-state index contributed by atoms with van der Waals surface area (Å²) in [6, 6.07) is 7.10. The highest BCUT2D eigenvalue weighted by Crippen LogP contribution is 2.38. The van der Waals surface area contributed by atoms with Crippen LogP contribution in [0.15, 0.2) is 41.2 Å². The maximum atomic E-state index is 15.7. The van der Waals surface area contributed by atoms with E-state index in [2.05, 4.69) is 58.9 Å². The number of hydrogen-bond acceptors (Lipinski definition) is 9. The highest BCUT2D eigenvalue weighted by molar-refractivity contribution is 6.74. The van der Waals surface area contributed by atoms with Crippen LogP contribution in [0.3, 0.4) is 0 Å². The van der Waals surface area contributed by atoms with Crippen LogP contribution >= 0.6 is 0 Å². The van der Waals surface area contributed by atoms with Crippen molar-refractivity contribution < 1.29 is 27.6 Å². The van der Waals surface area contributed by atoms with Crippen molar-refractivity contribution in [1.82, 2.24) is 25.0 Å². The van der Waals surface area contributed by atoms with E-state index in [0.717, 1.165) is 0 Å². The molecule has 2 amide bonds. The Hall–Kier alpha value is -4.01. The highest BCUT2D eigenvalue weighted by Gasteiger charge is 2.38. The van der Waals surface area contributed by atoms with E-state index < -0.39 is 25.6 Å². The number of nitrogens with zero attached hydrogens (tertiary/aromatic N) is 7. The second-order valence-corrected chi connectivity index (χ2v) is 19.8. The third-order valence-corrected chi connectivity index (χ3v) is 14.6. The Bertz CT molecular complexity index is 1850. The molecule has 0 radical (unpaired) electrons. The molecule has 11 nitrogen and oxygen atoms in total. The average Bonchev–Trinajstić information content (AvgIpc) is 3.68. The van der Waals surface area contributed by atoms with E-state index in [-0.39, 0.29) is 28.6 Å². The number of piperidine rings is 1. The Balaban J connectivity index is 1.18. The smallest absolute Gasteiger partial charge is 0.324 e. The van der Waals surface area contributed by atoms with Crippen molar-refractivity contribution in [2.24, 2.45) is 0 Å². The topological polar surface area (TPSA) is 121 Å². The molecule has 2 aromatic heterocycles. The molecule has 0 atom stereocenters. The van der Waals surface area contributed by atoms with E-state index in [1.807, 2.05) is 0 Å². The van der Waals surface area contributed by atoms with E-state index in [1.165, 1.54) is 29.4 Å². The number of amides is 2. The predicted octanol–water partition coefficient (Wildman–Crippen LogP) is 6.83. The van der Waals surface area contributed by atoms with Crippen molar-refractivity contribution in [3.63, 3.8) is 0 Å². The van der Waals surface area contributed by atoms with E-state index in [0.29, 0.717) is 85.8 Å². The molecule has 2 aliphatic rings. The normalized spacial score (nSPS) is 16.8. The van der Waals surface area contributed by atoms with Gasteiger partial charge in [0.25, 0.3) is 5.89 Å². The van der Waals surface area contributed by atoms with Gasteiger partial charge in [0.1, 0.15) is 29.4 Å². The Morgan fingerprint density at radius 1 is 1.02 bits per heavy atom. The van der Waals surface area contributed by atoms with Crippen LogP contribution in [0.2, 0.25) is 18.1 Å². The van der Waals surface area contributed by atoms with Crippen LogP contribution in [0.1, 0.15) is 65.1 Å². The van der Waals surface area contributed by atoms with Gasteiger partial charge in [0, 0.05) is 49.6 Å². The number of aromatic nitrogens is 4. The third-order valence-electron chi connectivity index (χ3n) is 10.1. The minimum absolute atomic E-state index is 0.0446. The number of carbonyl (C=O) groups excluding carboxylic acids is 1. The maximum Gasteiger partial charge on any atom is 0.324 e. The first-order chi connectivity index (χ1) is 23.0. The number of hydrogen-bond donors (Lipinski definition) is 1. The highest BCUT2D eigenvalue weighted by atomic mass is 28.4. The second-order valence-electron chi connectivity index (χ2n) is 15.0. The first-order valence-corrected chi connectivity index (χ1v) is 19.7. The molecule has 2 aromatic carbocycles. The molecule has 0 aliphatic carbocycles. The number of carbonyl (C=O) groups is 1. The lowest BCUT2D eigenvalue weighted by Crippen LogP contribution is -2.43. The maximum absolute atomic E-state index is 15.7. The molecule has 1 N–H and O–H groups in total. The standard InChI is InChI=1S/C35H45F2N7O4Si/c1-34(2,3)49(6,7)47-17-16-43-14-15-44(33(43)45)28-9-8-23(18-27(28)37)25-19-24(36)20-26-29(25)38-21-39-31(26)42-12-10-22(11-13-42)30-40-32(48-41-30)35(4,5)46/h8-9,18-22,46H,10-17H2,1-7H3. The molecule has 0 unspecified atom stereocenters. The van der Waals surface area contributed by atoms with Gasteiger partial charge in [-0.15, -0.1) is 0 Å². The summed E-state index contributed by atoms with van der Waals surface area (Å²) in [6.45, 7) is 17.0. The molecule has 2 aliphatic heterocycles. The number of urea groups is 1. The molecule has 262 valence electrons. The van der Waals surface area contributed by atoms with E-state index in [4.69, 9.17) is 8.95 Å². The molecular weight excluding hydrogens is 649 g/mol. The zero-order chi connectivity index (χ0) is 35.3. The van der Waals surface area contributed by atoms with Gasteiger partial charge < -0.3 is 23.9 Å². The number of rotatable bonds is 9. The van der Waals surface area contributed by atoms with Crippen molar-refractivity contribution >= 4 is 36.8 Å². The summed E-state index contributed by atoms with van der Waals surface area (Å²) in [5.74, 6) is 0.301. The van der Waals surface area contributed by atoms with Gasteiger partial charge in [-0.25, -0.2) is 23.5 Å². The molecule has 0 spiro atoms. The summed E-state index contributed by atoms with van der Waals surface area (Å²) in [5, 5.41) is 14.9. The van der Waals surface area contributed by atoms with Gasteiger partial charge in [-0.1, -0.05) is 32.0 Å². The number of aliphatic hydroxyl groups is 1. The number of halogens is 2. The van der Waals surface area contributed by atoms with Crippen LogP contribution in [-0.4, -0.2) is 83.8 Å². The summed E-state index contributed by atoms with van der Waals surface area (Å²) in [6.07, 6.45) is 2.86. The molecule has 2 saturated heterocycles. The lowest BCUT2D eigenvalue weighted by Gasteiger charge is -2.36. The molecule has 0 saturated carbocycles. The SMILES string of the molecule is CC(C)(O)c1nc(C2CCN(c3ncnc4c(-c5ccc(N6CCN(CCO[Si](C)(C)C(C)(C)C)C6=O)c(F)c5)cc(F)cc34)CC2)no1. The Morgan fingerprint density at radius 3 is 2.41 bits per heavy atom. The van der Waals surface area contributed by atoms with Crippen molar-refractivity contribution in [2.75, 3.05) is 49.1 Å². The first kappa shape index (κ1) is 34.8. The summed E-state index contributed by atoms with van der Waals surface area (Å²) in [7, 11) is -1.95. The van der Waals surface area contributed by atoms with E-state index >= 15 is 8.78 Å². The van der Waals surface area contributed by atoms with Gasteiger partial charge in [-0.2, -0.15) is 4.98 Å². The van der Waals surface area contributed by atoms with Crippen molar-refractivity contribution in [3.8, 4) is 11.1 Å². The minimum atomic E-state index is -1.95. The summed E-state index contributed by atoms with van der Waals surface area (Å²) < 4.78 is 42.5. The Morgan fingerprint density at radius 2 is 1.76 bits per heavy atom. The molecule has 4 aromatic rings. The Kier molecular flexibility index (Phi) is 9.26. The average molecular weight is 694 g/mol. The third kappa shape index (κ3) is 7.04. The van der Waals surface area contributed by atoms with Crippen LogP contribution in [0.25, 0.3) is 22.0 Å². The monoisotopic (exact) mass is 693 g/mol. The fourth-order valence-corrected chi connectivity index (χ4v) is 7.16. The van der Waals surface area contributed by atoms with Crippen LogP contribution in [0.4, 0.5) is 25.1 Å². The zero-order valence-corrected chi connectivity index (χ0v) is 30.3. The Labute approximate surface area is 286 Å². The lowest BCUT2D eigenvalue weighted by atomic mass is 9.95. The van der Waals surface area contributed by atoms with Crippen LogP contribution in [-0.2, 0) is 10.0 Å². The molecule has 4 heterocycles. The molecular formula is C35H45F2N7O4Si. The van der Waals surface area contributed by atoms with Gasteiger partial charge in [0.15, 0.2) is 14.1 Å². The van der Waals surface area contributed by atoms with Gasteiger partial charge in [-0.3, -0.25) is 4.90 Å². The lowest BCUT2D eigenvalue weighted by molar-refractivity contribution is 0.0420. The largest absolute Gasteiger partial charge is 0.415 e. The van der Waals surface area contributed by atoms with Crippen molar-refractivity contribution in [2.45, 2.75) is 77.1 Å². The molecule has 2 fully saturated rings. The van der Waals surface area contributed by atoms with Crippen LogP contribution in [0, 0.1) is 11.6 Å². The first-order valence-electron chi connectivity index (χ1n) is 16.8. The van der Waals surface area contributed by atoms with Gasteiger partial charge >= 0.3 is 6.03 Å². The number of fused-ring (bicyclic) bond motifs is 1. The number of benzene rings is 2. The quantitative estimate of drug-likeness (QED) is 0.188. The molecule has 6 rings (SSSR count). The van der Waals surface area contributed by atoms with Gasteiger partial charge in [0.2, 0.25) is 0 Å². The zero-order valence-electron chi connectivity index (χ0n) is 29.3. The number of anilines is 2. The van der Waals surface area contributed by atoms with E-state index in [1.54, 1.807) is 30.9 Å². The summed E-state index contributed by atoms with van der Waals surface area (Å²) >= 11 is 0. The molecule has 49 heavy (non-hydrogen) atoms. The van der Waals surface area contributed by atoms with Crippen LogP contribution < -0.4 is 9.80 Å². The van der Waals surface area contributed by atoms with Crippen molar-refractivity contribution in [1.29, 1.82) is 0 Å². The second kappa shape index (κ2) is 13.0. The molecule has 0 bridgehead atoms. The molecule has 14 heteroatoms. The van der Waals surface area contributed by atoms with Gasteiger partial charge in [-0.05, 0) is 74.7 Å². The summed E-state index contributed by atoms with van der Waals surface area (Å²) in [4.78, 5) is 31.9. The van der Waals surface area contributed by atoms with Crippen molar-refractivity contribution in [3.05, 3.63) is 60.0 Å². The summed E-state index contributed by atoms with van der Waals surface area (Å²) in [5.41, 5.74) is 0.335. The fraction of sp³-hybridized carbons (Fsp3) is 0.514. The minimum Gasteiger partial charge on any atom is -0.415 e. The predicted molar refractivity (Wildman–Crippen MR) is 186 cm³/mol. The fourth-order valence-electron chi connectivity index (χ4n) is 6.12.